The van der Waals surface area contributed by atoms with Crippen LogP contribution in [0.4, 0.5) is 29.1 Å². The molecule has 2 aromatic heterocycles. The average Bonchev–Trinajstić information content (AvgIpc) is 3.26. The summed E-state index contributed by atoms with van der Waals surface area (Å²) in [5.41, 5.74) is -1.88. The van der Waals surface area contributed by atoms with Gasteiger partial charge in [0.2, 0.25) is 5.82 Å². The van der Waals surface area contributed by atoms with Gasteiger partial charge in [0.1, 0.15) is 23.5 Å². The Labute approximate surface area is 219 Å². The molecule has 14 heteroatoms. The molecule has 206 valence electrons. The first kappa shape index (κ1) is 29.1. The number of nitrogens with zero attached hydrogens (tertiary/aromatic N) is 4. The Kier molecular flexibility index (Phi) is 8.55. The Bertz CT molecular complexity index is 1530. The van der Waals surface area contributed by atoms with E-state index in [1.165, 1.54) is 23.8 Å². The first-order valence-electron chi connectivity index (χ1n) is 11.5. The fourth-order valence-corrected chi connectivity index (χ4v) is 4.07. The number of carbonyl (C=O) groups excluding carboxylic acids is 1. The molecular formula is C25H24F4N6O4. The van der Waals surface area contributed by atoms with E-state index in [0.29, 0.717) is 11.9 Å². The number of anilines is 2. The van der Waals surface area contributed by atoms with Crippen molar-refractivity contribution >= 4 is 17.4 Å². The summed E-state index contributed by atoms with van der Waals surface area (Å²) in [7, 11) is 1.54. The summed E-state index contributed by atoms with van der Waals surface area (Å²) in [4.78, 5) is 44.0. The molecule has 1 fully saturated rings. The van der Waals surface area contributed by atoms with Crippen LogP contribution in [0.15, 0.2) is 46.1 Å². The van der Waals surface area contributed by atoms with Gasteiger partial charge >= 0.3 is 11.9 Å². The number of hydrogen-bond donors (Lipinski definition) is 3. The Morgan fingerprint density at radius 2 is 1.95 bits per heavy atom. The molecule has 39 heavy (non-hydrogen) atoms. The van der Waals surface area contributed by atoms with E-state index in [9.17, 15) is 42.3 Å². The molecule has 0 radical (unpaired) electrons. The summed E-state index contributed by atoms with van der Waals surface area (Å²) in [6.45, 7) is 3.36. The van der Waals surface area contributed by atoms with Crippen LogP contribution in [0, 0.1) is 31.0 Å². The van der Waals surface area contributed by atoms with Crippen molar-refractivity contribution in [2.45, 2.75) is 38.6 Å². The minimum atomic E-state index is -4.75. The molecule has 1 saturated heterocycles. The van der Waals surface area contributed by atoms with Gasteiger partial charge in [-0.3, -0.25) is 14.6 Å². The van der Waals surface area contributed by atoms with Crippen molar-refractivity contribution in [1.82, 2.24) is 15.0 Å². The molecule has 10 nitrogen and oxygen atoms in total. The summed E-state index contributed by atoms with van der Waals surface area (Å²) in [6, 6.07) is 8.41. The second-order valence-corrected chi connectivity index (χ2v) is 8.77. The molecule has 3 N–H and O–H groups in total. The lowest BCUT2D eigenvalue weighted by atomic mass is 10.1. The number of likely N-dealkylation sites (N-methyl/N-ethyl adjacent to an activating group) is 1. The number of nitrogens with one attached hydrogen (secondary N) is 2. The maximum atomic E-state index is 13.5. The SMILES string of the molecule is Cc1cccc(N(C)C(=O)C2C(O)CCN2c2nc(C)cc(C(F)(F)F)c2C#N)c1.O=c1[nH]cc(F)c(=O)[nH]1. The van der Waals surface area contributed by atoms with Gasteiger partial charge in [-0.2, -0.15) is 22.8 Å². The molecule has 0 bridgehead atoms. The van der Waals surface area contributed by atoms with Crippen molar-refractivity contribution in [1.29, 1.82) is 5.26 Å². The standard InChI is InChI=1S/C21H21F3N4O2.C4H3FN2O2/c1-12-5-4-6-14(9-12)27(3)20(30)18-17(29)7-8-28(18)19-15(11-25)16(21(22,23)24)10-13(2)26-19;5-2-1-6-4(9)7-3(2)8/h4-6,9-10,17-18,29H,7-8H2,1-3H3;1H,(H2,6,7,8,9). The van der Waals surface area contributed by atoms with Crippen LogP contribution in [-0.2, 0) is 11.0 Å². The number of carbonyl (C=O) groups is 1. The first-order chi connectivity index (χ1) is 18.2. The zero-order valence-electron chi connectivity index (χ0n) is 21.0. The molecule has 0 saturated carbocycles. The summed E-state index contributed by atoms with van der Waals surface area (Å²) >= 11 is 0. The number of amides is 1. The number of aliphatic hydroxyl groups excluding tert-OH is 1. The van der Waals surface area contributed by atoms with Crippen molar-refractivity contribution in [3.05, 3.63) is 85.6 Å². The number of aryl methyl sites for hydroxylation is 2. The number of pyridine rings is 1. The molecule has 1 aliphatic rings. The van der Waals surface area contributed by atoms with Crippen molar-refractivity contribution in [2.75, 3.05) is 23.4 Å². The number of aromatic amines is 2. The maximum Gasteiger partial charge on any atom is 0.417 e. The molecule has 3 heterocycles. The van der Waals surface area contributed by atoms with Crippen LogP contribution in [0.5, 0.6) is 0 Å². The van der Waals surface area contributed by atoms with E-state index in [1.54, 1.807) is 29.3 Å². The van der Waals surface area contributed by atoms with Crippen molar-refractivity contribution in [3.8, 4) is 6.07 Å². The lowest BCUT2D eigenvalue weighted by molar-refractivity contribution is -0.137. The highest BCUT2D eigenvalue weighted by Gasteiger charge is 2.44. The van der Waals surface area contributed by atoms with Crippen molar-refractivity contribution in [3.63, 3.8) is 0 Å². The van der Waals surface area contributed by atoms with Gasteiger partial charge in [-0.25, -0.2) is 9.78 Å². The third-order valence-electron chi connectivity index (χ3n) is 5.93. The van der Waals surface area contributed by atoms with Gasteiger partial charge in [0, 0.05) is 31.2 Å². The Balaban J connectivity index is 0.000000395. The highest BCUT2D eigenvalue weighted by atomic mass is 19.4. The van der Waals surface area contributed by atoms with Gasteiger partial charge < -0.3 is 19.9 Å². The lowest BCUT2D eigenvalue weighted by Gasteiger charge is -2.31. The maximum absolute atomic E-state index is 13.5. The zero-order chi connectivity index (χ0) is 29.1. The normalized spacial score (nSPS) is 16.7. The second kappa shape index (κ2) is 11.5. The third kappa shape index (κ3) is 6.50. The molecule has 2 unspecified atom stereocenters. The Morgan fingerprint density at radius 3 is 2.51 bits per heavy atom. The highest BCUT2D eigenvalue weighted by Crippen LogP contribution is 2.38. The number of benzene rings is 1. The lowest BCUT2D eigenvalue weighted by Crippen LogP contribution is -2.49. The number of nitriles is 1. The molecule has 0 aliphatic carbocycles. The van der Waals surface area contributed by atoms with Crippen LogP contribution >= 0.6 is 0 Å². The Hall–Kier alpha value is -4.51. The summed E-state index contributed by atoms with van der Waals surface area (Å²) in [6.07, 6.45) is -4.97. The number of hydrogen-bond acceptors (Lipinski definition) is 7. The molecule has 3 aromatic rings. The van der Waals surface area contributed by atoms with Crippen LogP contribution in [0.3, 0.4) is 0 Å². The first-order valence-corrected chi connectivity index (χ1v) is 11.5. The van der Waals surface area contributed by atoms with Crippen LogP contribution in [0.25, 0.3) is 0 Å². The van der Waals surface area contributed by atoms with E-state index in [2.05, 4.69) is 4.98 Å². The molecule has 0 spiro atoms. The monoisotopic (exact) mass is 548 g/mol. The third-order valence-corrected chi connectivity index (χ3v) is 5.93. The minimum Gasteiger partial charge on any atom is -0.390 e. The summed E-state index contributed by atoms with van der Waals surface area (Å²) < 4.78 is 52.4. The van der Waals surface area contributed by atoms with Gasteiger partial charge in [-0.05, 0) is 44.0 Å². The van der Waals surface area contributed by atoms with Gasteiger partial charge in [-0.15, -0.1) is 0 Å². The van der Waals surface area contributed by atoms with Gasteiger partial charge in [0.25, 0.3) is 11.5 Å². The minimum absolute atomic E-state index is 0.0657. The largest absolute Gasteiger partial charge is 0.417 e. The zero-order valence-corrected chi connectivity index (χ0v) is 21.0. The van der Waals surface area contributed by atoms with Crippen LogP contribution in [0.2, 0.25) is 0 Å². The quantitative estimate of drug-likeness (QED) is 0.426. The predicted octanol–water partition coefficient (Wildman–Crippen LogP) is 2.39. The predicted molar refractivity (Wildman–Crippen MR) is 133 cm³/mol. The van der Waals surface area contributed by atoms with E-state index in [0.717, 1.165) is 11.6 Å². The van der Waals surface area contributed by atoms with E-state index >= 15 is 0 Å². The fraction of sp³-hybridized carbons (Fsp3) is 0.320. The average molecular weight is 548 g/mol. The van der Waals surface area contributed by atoms with Gasteiger partial charge in [0.15, 0.2) is 0 Å². The number of H-pyrrole nitrogens is 2. The van der Waals surface area contributed by atoms with Gasteiger partial charge in [-0.1, -0.05) is 12.1 Å². The van der Waals surface area contributed by atoms with E-state index in [4.69, 9.17) is 0 Å². The number of aliphatic hydroxyl groups is 1. The van der Waals surface area contributed by atoms with E-state index < -0.39 is 52.4 Å². The summed E-state index contributed by atoms with van der Waals surface area (Å²) in [5.74, 6) is -1.72. The molecule has 2 atom stereocenters. The fourth-order valence-electron chi connectivity index (χ4n) is 4.07. The Morgan fingerprint density at radius 1 is 1.26 bits per heavy atom. The van der Waals surface area contributed by atoms with Crippen LogP contribution in [0.1, 0.15) is 28.8 Å². The van der Waals surface area contributed by atoms with E-state index in [1.807, 2.05) is 18.0 Å². The van der Waals surface area contributed by atoms with E-state index in [-0.39, 0.29) is 24.5 Å². The molecule has 4 rings (SSSR count). The highest BCUT2D eigenvalue weighted by molar-refractivity contribution is 5.99. The number of rotatable bonds is 3. The van der Waals surface area contributed by atoms with Crippen LogP contribution < -0.4 is 21.0 Å². The van der Waals surface area contributed by atoms with Crippen molar-refractivity contribution in [2.24, 2.45) is 0 Å². The smallest absolute Gasteiger partial charge is 0.390 e. The number of aromatic nitrogens is 3. The molecule has 1 aromatic carbocycles. The van der Waals surface area contributed by atoms with Crippen molar-refractivity contribution < 1.29 is 27.5 Å². The summed E-state index contributed by atoms with van der Waals surface area (Å²) in [5, 5.41) is 19.9. The topological polar surface area (TPSA) is 146 Å². The molecule has 1 aliphatic heterocycles. The molecular weight excluding hydrogens is 524 g/mol. The number of alkyl halides is 3. The second-order valence-electron chi connectivity index (χ2n) is 8.77. The number of halogens is 4. The van der Waals surface area contributed by atoms with Crippen LogP contribution in [-0.4, -0.2) is 51.7 Å². The molecule has 1 amide bonds. The van der Waals surface area contributed by atoms with Gasteiger partial charge in [0.05, 0.1) is 11.7 Å².